The molecule has 160 valence electrons. The number of hydrogen-bond donors (Lipinski definition) is 2. The second-order valence-corrected chi connectivity index (χ2v) is 9.27. The summed E-state index contributed by atoms with van der Waals surface area (Å²) in [4.78, 5) is 13.4. The average molecular weight is 437 g/mol. The van der Waals surface area contributed by atoms with E-state index >= 15 is 0 Å². The van der Waals surface area contributed by atoms with Gasteiger partial charge in [-0.25, -0.2) is 13.1 Å². The molecule has 2 N–H and O–H groups in total. The molecule has 1 amide bonds. The van der Waals surface area contributed by atoms with Crippen molar-refractivity contribution >= 4 is 21.6 Å². The number of sulfonamides is 1. The molecule has 0 bridgehead atoms. The SMILES string of the molecule is CCC(C)NS(=O)(=O)c1ccc(NC(=O)C2c3ccccc3Oc3ccccc32)cc1. The summed E-state index contributed by atoms with van der Waals surface area (Å²) in [5.41, 5.74) is 2.10. The smallest absolute Gasteiger partial charge is 0.240 e. The van der Waals surface area contributed by atoms with Gasteiger partial charge in [-0.15, -0.1) is 0 Å². The van der Waals surface area contributed by atoms with E-state index in [1.54, 1.807) is 12.1 Å². The number of hydrogen-bond acceptors (Lipinski definition) is 4. The van der Waals surface area contributed by atoms with Crippen molar-refractivity contribution in [2.75, 3.05) is 5.32 Å². The zero-order chi connectivity index (χ0) is 22.0. The van der Waals surface area contributed by atoms with Crippen molar-refractivity contribution in [2.24, 2.45) is 0 Å². The van der Waals surface area contributed by atoms with E-state index in [0.717, 1.165) is 11.1 Å². The Morgan fingerprint density at radius 2 is 1.48 bits per heavy atom. The first-order chi connectivity index (χ1) is 14.9. The Bertz CT molecular complexity index is 1160. The fraction of sp³-hybridized carbons (Fsp3) is 0.208. The van der Waals surface area contributed by atoms with Gasteiger partial charge in [-0.05, 0) is 49.7 Å². The summed E-state index contributed by atoms with van der Waals surface area (Å²) in [7, 11) is -3.60. The lowest BCUT2D eigenvalue weighted by molar-refractivity contribution is -0.116. The Balaban J connectivity index is 1.58. The van der Waals surface area contributed by atoms with Crippen molar-refractivity contribution in [2.45, 2.75) is 37.1 Å². The largest absolute Gasteiger partial charge is 0.457 e. The first-order valence-electron chi connectivity index (χ1n) is 10.2. The predicted molar refractivity (Wildman–Crippen MR) is 120 cm³/mol. The molecule has 0 fully saturated rings. The van der Waals surface area contributed by atoms with Crippen LogP contribution in [0.1, 0.15) is 37.3 Å². The molecule has 0 spiro atoms. The van der Waals surface area contributed by atoms with Crippen LogP contribution in [0.3, 0.4) is 0 Å². The van der Waals surface area contributed by atoms with E-state index in [2.05, 4.69) is 10.0 Å². The van der Waals surface area contributed by atoms with Crippen molar-refractivity contribution in [3.05, 3.63) is 83.9 Å². The van der Waals surface area contributed by atoms with E-state index in [9.17, 15) is 13.2 Å². The fourth-order valence-corrected chi connectivity index (χ4v) is 4.87. The molecule has 1 atom stereocenters. The maximum atomic E-state index is 13.3. The molecular formula is C24H24N2O4S. The first kappa shape index (κ1) is 21.1. The summed E-state index contributed by atoms with van der Waals surface area (Å²) in [6, 6.07) is 21.0. The van der Waals surface area contributed by atoms with Crippen LogP contribution in [0.15, 0.2) is 77.7 Å². The van der Waals surface area contributed by atoms with Gasteiger partial charge >= 0.3 is 0 Å². The number of anilines is 1. The third kappa shape index (κ3) is 4.33. The number of ether oxygens (including phenoxy) is 1. The van der Waals surface area contributed by atoms with Crippen LogP contribution < -0.4 is 14.8 Å². The van der Waals surface area contributed by atoms with Crippen LogP contribution in [0.5, 0.6) is 11.5 Å². The van der Waals surface area contributed by atoms with Crippen LogP contribution in [0.2, 0.25) is 0 Å². The number of rotatable bonds is 6. The van der Waals surface area contributed by atoms with Gasteiger partial charge < -0.3 is 10.1 Å². The Kier molecular flexibility index (Phi) is 5.80. The number of carbonyl (C=O) groups excluding carboxylic acids is 1. The summed E-state index contributed by atoms with van der Waals surface area (Å²) in [6.07, 6.45) is 0.696. The van der Waals surface area contributed by atoms with Crippen molar-refractivity contribution in [3.63, 3.8) is 0 Å². The maximum Gasteiger partial charge on any atom is 0.240 e. The summed E-state index contributed by atoms with van der Waals surface area (Å²) < 4.78 is 33.5. The number of para-hydroxylation sites is 2. The van der Waals surface area contributed by atoms with Crippen LogP contribution in [0.4, 0.5) is 5.69 Å². The highest BCUT2D eigenvalue weighted by Gasteiger charge is 2.32. The molecule has 0 aliphatic carbocycles. The molecule has 7 heteroatoms. The third-order valence-electron chi connectivity index (χ3n) is 5.34. The number of fused-ring (bicyclic) bond motifs is 2. The van der Waals surface area contributed by atoms with Crippen molar-refractivity contribution in [1.29, 1.82) is 0 Å². The Hall–Kier alpha value is -3.16. The molecule has 1 unspecified atom stereocenters. The second-order valence-electron chi connectivity index (χ2n) is 7.55. The first-order valence-corrected chi connectivity index (χ1v) is 11.7. The summed E-state index contributed by atoms with van der Waals surface area (Å²) in [5, 5.41) is 2.91. The van der Waals surface area contributed by atoms with Crippen LogP contribution >= 0.6 is 0 Å². The monoisotopic (exact) mass is 436 g/mol. The van der Waals surface area contributed by atoms with Gasteiger partial charge in [-0.2, -0.15) is 0 Å². The minimum Gasteiger partial charge on any atom is -0.457 e. The number of nitrogens with one attached hydrogen (secondary N) is 2. The van der Waals surface area contributed by atoms with Crippen LogP contribution in [-0.2, 0) is 14.8 Å². The molecule has 1 heterocycles. The molecule has 0 saturated carbocycles. The fourth-order valence-electron chi connectivity index (χ4n) is 3.54. The molecule has 0 saturated heterocycles. The highest BCUT2D eigenvalue weighted by atomic mass is 32.2. The van der Waals surface area contributed by atoms with Gasteiger partial charge in [0.15, 0.2) is 0 Å². The number of amides is 1. The number of carbonyl (C=O) groups is 1. The molecule has 0 aromatic heterocycles. The Morgan fingerprint density at radius 3 is 2.03 bits per heavy atom. The van der Waals surface area contributed by atoms with Crippen LogP contribution in [-0.4, -0.2) is 20.4 Å². The zero-order valence-corrected chi connectivity index (χ0v) is 18.1. The van der Waals surface area contributed by atoms with Gasteiger partial charge in [0.05, 0.1) is 10.8 Å². The van der Waals surface area contributed by atoms with Gasteiger partial charge in [0, 0.05) is 22.9 Å². The summed E-state index contributed by atoms with van der Waals surface area (Å²) in [6.45, 7) is 3.73. The van der Waals surface area contributed by atoms with E-state index in [4.69, 9.17) is 4.74 Å². The topological polar surface area (TPSA) is 84.5 Å². The summed E-state index contributed by atoms with van der Waals surface area (Å²) >= 11 is 0. The van der Waals surface area contributed by atoms with E-state index < -0.39 is 15.9 Å². The molecule has 1 aliphatic heterocycles. The molecule has 4 rings (SSSR count). The van der Waals surface area contributed by atoms with Gasteiger partial charge in [0.2, 0.25) is 15.9 Å². The van der Waals surface area contributed by atoms with Gasteiger partial charge in [0.1, 0.15) is 11.5 Å². The van der Waals surface area contributed by atoms with Gasteiger partial charge in [-0.1, -0.05) is 43.3 Å². The zero-order valence-electron chi connectivity index (χ0n) is 17.3. The van der Waals surface area contributed by atoms with Crippen molar-refractivity contribution in [3.8, 4) is 11.5 Å². The summed E-state index contributed by atoms with van der Waals surface area (Å²) in [5.74, 6) is 0.561. The van der Waals surface area contributed by atoms with Crippen molar-refractivity contribution in [1.82, 2.24) is 4.72 Å². The second kappa shape index (κ2) is 8.53. The number of benzene rings is 3. The minimum atomic E-state index is -3.60. The van der Waals surface area contributed by atoms with E-state index in [1.807, 2.05) is 62.4 Å². The standard InChI is InChI=1S/C24H24N2O4S/c1-3-16(2)26-31(28,29)18-14-12-17(13-15-18)25-24(27)23-19-8-4-6-10-21(19)30-22-11-7-5-9-20(22)23/h4-16,23,26H,3H2,1-2H3,(H,25,27). The highest BCUT2D eigenvalue weighted by Crippen LogP contribution is 2.44. The van der Waals surface area contributed by atoms with Crippen molar-refractivity contribution < 1.29 is 17.9 Å². The van der Waals surface area contributed by atoms with E-state index in [-0.39, 0.29) is 16.8 Å². The van der Waals surface area contributed by atoms with Gasteiger partial charge in [-0.3, -0.25) is 4.79 Å². The lowest BCUT2D eigenvalue weighted by Gasteiger charge is -2.27. The molecule has 3 aromatic carbocycles. The molecule has 0 radical (unpaired) electrons. The molecule has 3 aromatic rings. The Labute approximate surface area is 182 Å². The van der Waals surface area contributed by atoms with Crippen LogP contribution in [0, 0.1) is 0 Å². The molecule has 6 nitrogen and oxygen atoms in total. The van der Waals surface area contributed by atoms with Gasteiger partial charge in [0.25, 0.3) is 0 Å². The lowest BCUT2D eigenvalue weighted by atomic mass is 9.87. The minimum absolute atomic E-state index is 0.155. The average Bonchev–Trinajstić information content (AvgIpc) is 2.77. The Morgan fingerprint density at radius 1 is 0.935 bits per heavy atom. The third-order valence-corrected chi connectivity index (χ3v) is 6.95. The normalized spacial score (nSPS) is 14.1. The highest BCUT2D eigenvalue weighted by molar-refractivity contribution is 7.89. The quantitative estimate of drug-likeness (QED) is 0.590. The maximum absolute atomic E-state index is 13.3. The van der Waals surface area contributed by atoms with E-state index in [0.29, 0.717) is 23.6 Å². The molecule has 31 heavy (non-hydrogen) atoms. The van der Waals surface area contributed by atoms with Crippen LogP contribution in [0.25, 0.3) is 0 Å². The van der Waals surface area contributed by atoms with E-state index in [1.165, 1.54) is 12.1 Å². The molecule has 1 aliphatic rings. The lowest BCUT2D eigenvalue weighted by Crippen LogP contribution is -2.32. The predicted octanol–water partition coefficient (Wildman–Crippen LogP) is 4.64. The molecular weight excluding hydrogens is 412 g/mol.